The van der Waals surface area contributed by atoms with Gasteiger partial charge in [0.25, 0.3) is 15.9 Å². The maximum absolute atomic E-state index is 12.4. The zero-order chi connectivity index (χ0) is 15.2. The van der Waals surface area contributed by atoms with Crippen molar-refractivity contribution in [3.63, 3.8) is 0 Å². The largest absolute Gasteiger partial charge is 0.356 e. The van der Waals surface area contributed by atoms with Gasteiger partial charge in [-0.2, -0.15) is 0 Å². The maximum Gasteiger partial charge on any atom is 0.269 e. The van der Waals surface area contributed by atoms with E-state index in [1.165, 1.54) is 18.2 Å². The minimum absolute atomic E-state index is 0.0418. The number of carbonyl (C=O) groups is 2. The first-order valence-electron chi connectivity index (χ1n) is 6.53. The van der Waals surface area contributed by atoms with E-state index in [0.29, 0.717) is 19.4 Å². The predicted molar refractivity (Wildman–Crippen MR) is 75.4 cm³/mol. The van der Waals surface area contributed by atoms with Crippen LogP contribution in [-0.2, 0) is 14.8 Å². The number of benzene rings is 1. The summed E-state index contributed by atoms with van der Waals surface area (Å²) in [4.78, 5) is 23.4. The number of halogens is 1. The second-order valence-corrected chi connectivity index (χ2v) is 7.46. The molecule has 0 aliphatic carbocycles. The van der Waals surface area contributed by atoms with Gasteiger partial charge in [-0.15, -0.1) is 0 Å². The van der Waals surface area contributed by atoms with Crippen LogP contribution < -0.4 is 5.32 Å². The first-order valence-corrected chi connectivity index (χ1v) is 8.35. The minimum Gasteiger partial charge on any atom is -0.356 e. The van der Waals surface area contributed by atoms with Gasteiger partial charge in [0, 0.05) is 24.5 Å². The van der Waals surface area contributed by atoms with Gasteiger partial charge in [0.05, 0.1) is 5.56 Å². The van der Waals surface area contributed by atoms with E-state index < -0.39 is 15.9 Å². The van der Waals surface area contributed by atoms with Crippen molar-refractivity contribution in [3.05, 3.63) is 28.8 Å². The molecule has 1 aromatic rings. The fourth-order valence-corrected chi connectivity index (χ4v) is 4.51. The fraction of sp³-hybridized carbons (Fsp3) is 0.385. The van der Waals surface area contributed by atoms with Crippen molar-refractivity contribution in [3.8, 4) is 0 Å². The van der Waals surface area contributed by atoms with Gasteiger partial charge < -0.3 is 5.32 Å². The Labute approximate surface area is 127 Å². The highest BCUT2D eigenvalue weighted by Gasteiger charge is 2.42. The first kappa shape index (κ1) is 14.3. The zero-order valence-corrected chi connectivity index (χ0v) is 12.6. The number of amides is 2. The number of carbonyl (C=O) groups excluding carboxylic acids is 2. The van der Waals surface area contributed by atoms with E-state index >= 15 is 0 Å². The summed E-state index contributed by atoms with van der Waals surface area (Å²) in [6, 6.07) is 4.23. The molecular formula is C13H13ClN2O4S. The highest BCUT2D eigenvalue weighted by molar-refractivity contribution is 7.90. The fourth-order valence-electron chi connectivity index (χ4n) is 2.60. The van der Waals surface area contributed by atoms with Crippen LogP contribution in [0.2, 0.25) is 5.02 Å². The summed E-state index contributed by atoms with van der Waals surface area (Å²) in [7, 11) is -3.84. The molecule has 2 aliphatic heterocycles. The van der Waals surface area contributed by atoms with Crippen molar-refractivity contribution < 1.29 is 18.0 Å². The van der Waals surface area contributed by atoms with Gasteiger partial charge in [0.1, 0.15) is 4.90 Å². The molecule has 3 rings (SSSR count). The summed E-state index contributed by atoms with van der Waals surface area (Å²) in [5.74, 6) is -0.637. The number of fused-ring (bicyclic) bond motifs is 1. The smallest absolute Gasteiger partial charge is 0.269 e. The topological polar surface area (TPSA) is 83.6 Å². The van der Waals surface area contributed by atoms with Gasteiger partial charge in [0.2, 0.25) is 5.91 Å². The van der Waals surface area contributed by atoms with Crippen LogP contribution in [0, 0.1) is 5.92 Å². The Morgan fingerprint density at radius 1 is 1.33 bits per heavy atom. The van der Waals surface area contributed by atoms with Crippen molar-refractivity contribution in [1.29, 1.82) is 0 Å². The molecule has 2 amide bonds. The van der Waals surface area contributed by atoms with Crippen LogP contribution in [-0.4, -0.2) is 37.6 Å². The van der Waals surface area contributed by atoms with Crippen molar-refractivity contribution in [1.82, 2.24) is 9.62 Å². The van der Waals surface area contributed by atoms with Crippen molar-refractivity contribution in [2.75, 3.05) is 13.1 Å². The molecular weight excluding hydrogens is 316 g/mol. The molecule has 1 N–H and O–H groups in total. The number of rotatable bonds is 2. The Morgan fingerprint density at radius 3 is 2.76 bits per heavy atom. The molecule has 2 heterocycles. The highest BCUT2D eigenvalue weighted by Crippen LogP contribution is 2.33. The molecule has 2 aliphatic rings. The van der Waals surface area contributed by atoms with Gasteiger partial charge in [-0.1, -0.05) is 11.6 Å². The average molecular weight is 329 g/mol. The number of sulfonamides is 1. The SMILES string of the molecule is O=C1CCC(CN2C(=O)c3ccc(Cl)cc3S2(=O)=O)CN1. The van der Waals surface area contributed by atoms with Crippen LogP contribution >= 0.6 is 11.6 Å². The second kappa shape index (κ2) is 4.99. The molecule has 0 spiro atoms. The number of piperidine rings is 1. The summed E-state index contributed by atoms with van der Waals surface area (Å²) >= 11 is 5.81. The lowest BCUT2D eigenvalue weighted by molar-refractivity contribution is -0.122. The lowest BCUT2D eigenvalue weighted by atomic mass is 9.99. The van der Waals surface area contributed by atoms with E-state index in [1.807, 2.05) is 0 Å². The van der Waals surface area contributed by atoms with E-state index in [0.717, 1.165) is 4.31 Å². The van der Waals surface area contributed by atoms with Crippen molar-refractivity contribution in [2.45, 2.75) is 17.7 Å². The maximum atomic E-state index is 12.4. The Bertz CT molecular complexity index is 722. The molecule has 1 saturated heterocycles. The number of hydrogen-bond donors (Lipinski definition) is 1. The van der Waals surface area contributed by atoms with Gasteiger partial charge in [0.15, 0.2) is 0 Å². The van der Waals surface area contributed by atoms with Crippen LogP contribution in [0.4, 0.5) is 0 Å². The monoisotopic (exact) mass is 328 g/mol. The van der Waals surface area contributed by atoms with E-state index in [9.17, 15) is 18.0 Å². The molecule has 0 saturated carbocycles. The molecule has 6 nitrogen and oxygen atoms in total. The summed E-state index contributed by atoms with van der Waals surface area (Å²) in [5.41, 5.74) is 0.152. The molecule has 112 valence electrons. The molecule has 1 atom stereocenters. The molecule has 0 bridgehead atoms. The Balaban J connectivity index is 1.88. The highest BCUT2D eigenvalue weighted by atomic mass is 35.5. The number of nitrogens with zero attached hydrogens (tertiary/aromatic N) is 1. The third kappa shape index (κ3) is 2.40. The summed E-state index contributed by atoms with van der Waals surface area (Å²) < 4.78 is 25.8. The van der Waals surface area contributed by atoms with Crippen LogP contribution in [0.1, 0.15) is 23.2 Å². The third-order valence-corrected chi connectivity index (χ3v) is 5.78. The zero-order valence-electron chi connectivity index (χ0n) is 11.0. The van der Waals surface area contributed by atoms with Gasteiger partial charge >= 0.3 is 0 Å². The number of hydrogen-bond acceptors (Lipinski definition) is 4. The van der Waals surface area contributed by atoms with Crippen LogP contribution in [0.5, 0.6) is 0 Å². The van der Waals surface area contributed by atoms with Crippen molar-refractivity contribution in [2.24, 2.45) is 5.92 Å². The average Bonchev–Trinajstić information content (AvgIpc) is 2.62. The lowest BCUT2D eigenvalue weighted by Gasteiger charge is -2.26. The molecule has 0 aromatic heterocycles. The summed E-state index contributed by atoms with van der Waals surface area (Å²) in [5, 5.41) is 2.96. The summed E-state index contributed by atoms with van der Waals surface area (Å²) in [6.45, 7) is 0.461. The molecule has 8 heteroatoms. The Hall–Kier alpha value is -1.60. The van der Waals surface area contributed by atoms with Crippen molar-refractivity contribution >= 4 is 33.4 Å². The predicted octanol–water partition coefficient (Wildman–Crippen LogP) is 1.01. The standard InChI is InChI=1S/C13H13ClN2O4S/c14-9-2-3-10-11(5-9)21(19,20)16(13(10)18)7-8-1-4-12(17)15-6-8/h2-3,5,8H,1,4,6-7H2,(H,15,17). The molecule has 1 aromatic carbocycles. The molecule has 21 heavy (non-hydrogen) atoms. The van der Waals surface area contributed by atoms with E-state index in [4.69, 9.17) is 11.6 Å². The van der Waals surface area contributed by atoms with E-state index in [2.05, 4.69) is 5.32 Å². The second-order valence-electron chi connectivity index (χ2n) is 5.19. The van der Waals surface area contributed by atoms with E-state index in [1.54, 1.807) is 0 Å². The third-order valence-electron chi connectivity index (χ3n) is 3.76. The van der Waals surface area contributed by atoms with Gasteiger partial charge in [-0.05, 0) is 30.5 Å². The van der Waals surface area contributed by atoms with Gasteiger partial charge in [-0.25, -0.2) is 12.7 Å². The molecule has 0 radical (unpaired) electrons. The number of nitrogens with one attached hydrogen (secondary N) is 1. The van der Waals surface area contributed by atoms with Crippen LogP contribution in [0.25, 0.3) is 0 Å². The van der Waals surface area contributed by atoms with E-state index in [-0.39, 0.29) is 33.9 Å². The quantitative estimate of drug-likeness (QED) is 0.878. The Kier molecular flexibility index (Phi) is 3.41. The van der Waals surface area contributed by atoms with Crippen LogP contribution in [0.3, 0.4) is 0 Å². The molecule has 1 unspecified atom stereocenters. The lowest BCUT2D eigenvalue weighted by Crippen LogP contribution is -2.42. The van der Waals surface area contributed by atoms with Gasteiger partial charge in [-0.3, -0.25) is 9.59 Å². The van der Waals surface area contributed by atoms with Crippen LogP contribution in [0.15, 0.2) is 23.1 Å². The summed E-state index contributed by atoms with van der Waals surface area (Å²) in [6.07, 6.45) is 0.924. The molecule has 1 fully saturated rings. The minimum atomic E-state index is -3.84. The first-order chi connectivity index (χ1) is 9.89. The normalized spacial score (nSPS) is 23.9. The Morgan fingerprint density at radius 2 is 2.10 bits per heavy atom.